The average Bonchev–Trinajstić information content (AvgIpc) is 3.27. The SMILES string of the molecule is CC(C)(CC(=O)N1CCc2ccsc2C1)[C@H](N)C(=O)N1CCC[C@H]1C#N. The third kappa shape index (κ3) is 3.62. The lowest BCUT2D eigenvalue weighted by atomic mass is 9.80. The Morgan fingerprint density at radius 2 is 2.23 bits per heavy atom. The number of carbonyl (C=O) groups excluding carboxylic acids is 2. The number of hydrogen-bond donors (Lipinski definition) is 1. The largest absolute Gasteiger partial charge is 0.337 e. The Morgan fingerprint density at radius 1 is 1.46 bits per heavy atom. The van der Waals surface area contributed by atoms with Gasteiger partial charge in [0.15, 0.2) is 0 Å². The van der Waals surface area contributed by atoms with Crippen molar-refractivity contribution >= 4 is 23.2 Å². The Bertz CT molecular complexity index is 736. The molecule has 6 nitrogen and oxygen atoms in total. The zero-order chi connectivity index (χ0) is 18.9. The topological polar surface area (TPSA) is 90.4 Å². The van der Waals surface area contributed by atoms with Crippen LogP contribution >= 0.6 is 11.3 Å². The predicted molar refractivity (Wildman–Crippen MR) is 100 cm³/mol. The van der Waals surface area contributed by atoms with E-state index in [1.807, 2.05) is 18.7 Å². The molecule has 140 valence electrons. The number of fused-ring (bicyclic) bond motifs is 1. The molecule has 1 aromatic heterocycles. The smallest absolute Gasteiger partial charge is 0.241 e. The Morgan fingerprint density at radius 3 is 2.96 bits per heavy atom. The fraction of sp³-hybridized carbons (Fsp3) is 0.632. The first-order valence-corrected chi connectivity index (χ1v) is 10.00. The summed E-state index contributed by atoms with van der Waals surface area (Å²) in [5.41, 5.74) is 6.94. The highest BCUT2D eigenvalue weighted by molar-refractivity contribution is 7.10. The number of thiophene rings is 1. The molecule has 0 aliphatic carbocycles. The van der Waals surface area contributed by atoms with E-state index in [4.69, 9.17) is 5.73 Å². The van der Waals surface area contributed by atoms with Crippen LogP contribution in [0.3, 0.4) is 0 Å². The van der Waals surface area contributed by atoms with Gasteiger partial charge in [0, 0.05) is 24.4 Å². The molecule has 0 bridgehead atoms. The van der Waals surface area contributed by atoms with Gasteiger partial charge in [-0.05, 0) is 41.7 Å². The van der Waals surface area contributed by atoms with Gasteiger partial charge in [0.2, 0.25) is 11.8 Å². The Hall–Kier alpha value is -1.91. The van der Waals surface area contributed by atoms with E-state index < -0.39 is 11.5 Å². The van der Waals surface area contributed by atoms with E-state index in [2.05, 4.69) is 17.5 Å². The van der Waals surface area contributed by atoms with Crippen molar-refractivity contribution in [2.45, 2.75) is 58.2 Å². The summed E-state index contributed by atoms with van der Waals surface area (Å²) in [6, 6.07) is 3.12. The van der Waals surface area contributed by atoms with Crippen LogP contribution in [0.1, 0.15) is 43.6 Å². The number of hydrogen-bond acceptors (Lipinski definition) is 5. The molecule has 2 amide bonds. The van der Waals surface area contributed by atoms with E-state index in [-0.39, 0.29) is 24.3 Å². The highest BCUT2D eigenvalue weighted by Gasteiger charge is 2.40. The van der Waals surface area contributed by atoms with E-state index >= 15 is 0 Å². The quantitative estimate of drug-likeness (QED) is 0.871. The molecular weight excluding hydrogens is 348 g/mol. The van der Waals surface area contributed by atoms with Crippen LogP contribution in [0, 0.1) is 16.7 Å². The molecule has 1 aromatic rings. The molecule has 0 unspecified atom stereocenters. The molecular formula is C19H26N4O2S. The van der Waals surface area contributed by atoms with Crippen LogP contribution in [-0.2, 0) is 22.6 Å². The van der Waals surface area contributed by atoms with Gasteiger partial charge >= 0.3 is 0 Å². The standard InChI is InChI=1S/C19H26N4O2S/c1-19(2,17(21)18(25)23-7-3-4-14(23)11-20)10-16(24)22-8-5-13-6-9-26-15(13)12-22/h6,9,14,17H,3-5,7-8,10,12,21H2,1-2H3/t14-,17+/m0/s1. The van der Waals surface area contributed by atoms with E-state index in [0.717, 1.165) is 12.8 Å². The van der Waals surface area contributed by atoms with Crippen molar-refractivity contribution < 1.29 is 9.59 Å². The summed E-state index contributed by atoms with van der Waals surface area (Å²) < 4.78 is 0. The van der Waals surface area contributed by atoms with Gasteiger partial charge in [-0.2, -0.15) is 5.26 Å². The second-order valence-electron chi connectivity index (χ2n) is 7.90. The average molecular weight is 375 g/mol. The summed E-state index contributed by atoms with van der Waals surface area (Å²) >= 11 is 1.69. The second-order valence-corrected chi connectivity index (χ2v) is 8.90. The minimum Gasteiger partial charge on any atom is -0.337 e. The van der Waals surface area contributed by atoms with E-state index in [1.54, 1.807) is 16.2 Å². The van der Waals surface area contributed by atoms with Gasteiger partial charge in [-0.25, -0.2) is 0 Å². The number of nitrogens with two attached hydrogens (primary N) is 1. The third-order valence-corrected chi connectivity index (χ3v) is 6.52. The van der Waals surface area contributed by atoms with Gasteiger partial charge in [-0.15, -0.1) is 11.3 Å². The predicted octanol–water partition coefficient (Wildman–Crippen LogP) is 1.89. The Kier molecular flexibility index (Phi) is 5.35. The molecule has 2 aliphatic rings. The molecule has 0 aromatic carbocycles. The van der Waals surface area contributed by atoms with Crippen molar-refractivity contribution in [2.24, 2.45) is 11.1 Å². The first-order chi connectivity index (χ1) is 12.3. The van der Waals surface area contributed by atoms with Crippen molar-refractivity contribution in [1.29, 1.82) is 5.26 Å². The van der Waals surface area contributed by atoms with Crippen molar-refractivity contribution in [1.82, 2.24) is 9.80 Å². The first-order valence-electron chi connectivity index (χ1n) is 9.12. The molecule has 7 heteroatoms. The lowest BCUT2D eigenvalue weighted by molar-refractivity contribution is -0.138. The van der Waals surface area contributed by atoms with Gasteiger partial charge < -0.3 is 15.5 Å². The van der Waals surface area contributed by atoms with Crippen molar-refractivity contribution in [3.8, 4) is 6.07 Å². The fourth-order valence-corrected chi connectivity index (χ4v) is 4.69. The number of likely N-dealkylation sites (tertiary alicyclic amines) is 1. The number of rotatable bonds is 4. The Labute approximate surface area is 158 Å². The van der Waals surface area contributed by atoms with E-state index in [1.165, 1.54) is 10.4 Å². The molecule has 0 saturated carbocycles. The number of carbonyl (C=O) groups is 2. The number of amides is 2. The lowest BCUT2D eigenvalue weighted by Crippen LogP contribution is -2.53. The van der Waals surface area contributed by atoms with Crippen LogP contribution in [0.5, 0.6) is 0 Å². The minimum atomic E-state index is -0.789. The monoisotopic (exact) mass is 374 g/mol. The maximum absolute atomic E-state index is 12.8. The molecule has 2 atom stereocenters. The van der Waals surface area contributed by atoms with E-state index in [0.29, 0.717) is 26.1 Å². The molecule has 1 fully saturated rings. The summed E-state index contributed by atoms with van der Waals surface area (Å²) in [6.07, 6.45) is 2.64. The molecule has 26 heavy (non-hydrogen) atoms. The van der Waals surface area contributed by atoms with Crippen molar-refractivity contribution in [3.63, 3.8) is 0 Å². The summed E-state index contributed by atoms with van der Waals surface area (Å²) in [5.74, 6) is -0.179. The summed E-state index contributed by atoms with van der Waals surface area (Å²) in [4.78, 5) is 30.3. The van der Waals surface area contributed by atoms with Gasteiger partial charge in [0.05, 0.1) is 18.7 Å². The van der Waals surface area contributed by atoms with Gasteiger partial charge in [0.1, 0.15) is 6.04 Å². The van der Waals surface area contributed by atoms with Gasteiger partial charge in [0.25, 0.3) is 0 Å². The highest BCUT2D eigenvalue weighted by atomic mass is 32.1. The molecule has 0 radical (unpaired) electrons. The number of nitriles is 1. The first kappa shape index (κ1) is 18.9. The normalized spacial score (nSPS) is 21.2. The molecule has 2 N–H and O–H groups in total. The number of nitrogens with zero attached hydrogens (tertiary/aromatic N) is 3. The molecule has 3 heterocycles. The van der Waals surface area contributed by atoms with Gasteiger partial charge in [-0.1, -0.05) is 13.8 Å². The third-order valence-electron chi connectivity index (χ3n) is 5.58. The summed E-state index contributed by atoms with van der Waals surface area (Å²) in [5, 5.41) is 11.3. The van der Waals surface area contributed by atoms with Crippen LogP contribution in [0.25, 0.3) is 0 Å². The second kappa shape index (κ2) is 7.37. The molecule has 0 spiro atoms. The van der Waals surface area contributed by atoms with Crippen molar-refractivity contribution in [3.05, 3.63) is 21.9 Å². The minimum absolute atomic E-state index is 0.0376. The zero-order valence-electron chi connectivity index (χ0n) is 15.4. The maximum Gasteiger partial charge on any atom is 0.241 e. The lowest BCUT2D eigenvalue weighted by Gasteiger charge is -2.36. The van der Waals surface area contributed by atoms with Crippen molar-refractivity contribution in [2.75, 3.05) is 13.1 Å². The molecule has 3 rings (SSSR count). The van der Waals surface area contributed by atoms with Crippen LogP contribution in [-0.4, -0.2) is 46.8 Å². The summed E-state index contributed by atoms with van der Waals surface area (Å²) in [7, 11) is 0. The van der Waals surface area contributed by atoms with E-state index in [9.17, 15) is 14.9 Å². The Balaban J connectivity index is 1.63. The van der Waals surface area contributed by atoms with Gasteiger partial charge in [-0.3, -0.25) is 9.59 Å². The molecule has 2 aliphatic heterocycles. The van der Waals surface area contributed by atoms with Crippen LogP contribution in [0.15, 0.2) is 11.4 Å². The van der Waals surface area contributed by atoms with Crippen LogP contribution < -0.4 is 5.73 Å². The fourth-order valence-electron chi connectivity index (χ4n) is 3.74. The molecule has 1 saturated heterocycles. The zero-order valence-corrected chi connectivity index (χ0v) is 16.2. The highest BCUT2D eigenvalue weighted by Crippen LogP contribution is 2.30. The van der Waals surface area contributed by atoms with Crippen LogP contribution in [0.2, 0.25) is 0 Å². The maximum atomic E-state index is 12.8. The van der Waals surface area contributed by atoms with Crippen LogP contribution in [0.4, 0.5) is 0 Å². The summed E-state index contributed by atoms with van der Waals surface area (Å²) in [6.45, 7) is 5.66.